The molecule has 3 aliphatic rings. The molecule has 1 amide bonds. The number of anilines is 1. The van der Waals surface area contributed by atoms with Crippen LogP contribution in [0.4, 0.5) is 5.95 Å². The number of nitrogens with zero attached hydrogens (tertiary/aromatic N) is 4. The topological polar surface area (TPSA) is 58.6 Å². The van der Waals surface area contributed by atoms with Gasteiger partial charge in [-0.25, -0.2) is 9.97 Å². The van der Waals surface area contributed by atoms with Crippen LogP contribution in [0.3, 0.4) is 0 Å². The molecule has 6 heteroatoms. The fourth-order valence-electron chi connectivity index (χ4n) is 4.32. The van der Waals surface area contributed by atoms with Crippen LogP contribution in [0.5, 0.6) is 0 Å². The highest BCUT2D eigenvalue weighted by Crippen LogP contribution is 2.42. The van der Waals surface area contributed by atoms with Crippen molar-refractivity contribution in [1.29, 1.82) is 0 Å². The Hall–Kier alpha value is -1.69. The lowest BCUT2D eigenvalue weighted by atomic mass is 9.71. The summed E-state index contributed by atoms with van der Waals surface area (Å²) in [6.07, 6.45) is 9.14. The van der Waals surface area contributed by atoms with Crippen molar-refractivity contribution in [2.45, 2.75) is 32.1 Å². The van der Waals surface area contributed by atoms with Crippen molar-refractivity contribution in [1.82, 2.24) is 14.9 Å². The van der Waals surface area contributed by atoms with Gasteiger partial charge in [-0.15, -0.1) is 0 Å². The summed E-state index contributed by atoms with van der Waals surface area (Å²) < 4.78 is 5.37. The summed E-state index contributed by atoms with van der Waals surface area (Å²) in [5, 5.41) is 0. The van der Waals surface area contributed by atoms with E-state index in [1.54, 1.807) is 0 Å². The first-order chi connectivity index (χ1) is 11.8. The molecule has 1 atom stereocenters. The van der Waals surface area contributed by atoms with Gasteiger partial charge < -0.3 is 14.5 Å². The van der Waals surface area contributed by atoms with Crippen LogP contribution < -0.4 is 4.90 Å². The number of rotatable bonds is 2. The third kappa shape index (κ3) is 3.11. The standard InChI is InChI=1S/C18H26N4O2/c23-16(15-2-13-24-14-15)21-9-3-18(4-10-21)5-11-22(12-6-18)17-19-7-1-8-20-17/h1,7-8,15H,2-6,9-14H2/t15-/m1/s1. The van der Waals surface area contributed by atoms with Crippen molar-refractivity contribution in [2.75, 3.05) is 44.3 Å². The van der Waals surface area contributed by atoms with Crippen LogP contribution in [-0.2, 0) is 9.53 Å². The minimum atomic E-state index is 0.108. The van der Waals surface area contributed by atoms with Crippen molar-refractivity contribution in [3.63, 3.8) is 0 Å². The molecule has 130 valence electrons. The van der Waals surface area contributed by atoms with Gasteiger partial charge in [0, 0.05) is 45.2 Å². The van der Waals surface area contributed by atoms with E-state index in [4.69, 9.17) is 4.74 Å². The Labute approximate surface area is 143 Å². The molecule has 3 saturated heterocycles. The fourth-order valence-corrected chi connectivity index (χ4v) is 4.32. The first-order valence-electron chi connectivity index (χ1n) is 9.14. The van der Waals surface area contributed by atoms with Gasteiger partial charge in [-0.3, -0.25) is 4.79 Å². The van der Waals surface area contributed by atoms with E-state index in [2.05, 4.69) is 19.8 Å². The second kappa shape index (κ2) is 6.67. The summed E-state index contributed by atoms with van der Waals surface area (Å²) >= 11 is 0. The lowest BCUT2D eigenvalue weighted by molar-refractivity contribution is -0.138. The fraction of sp³-hybridized carbons (Fsp3) is 0.722. The van der Waals surface area contributed by atoms with E-state index in [1.165, 1.54) is 12.8 Å². The van der Waals surface area contributed by atoms with Gasteiger partial charge in [0.1, 0.15) is 0 Å². The van der Waals surface area contributed by atoms with Crippen molar-refractivity contribution in [3.8, 4) is 0 Å². The summed E-state index contributed by atoms with van der Waals surface area (Å²) in [4.78, 5) is 25.6. The van der Waals surface area contributed by atoms with E-state index in [0.29, 0.717) is 17.9 Å². The maximum atomic E-state index is 12.5. The maximum absolute atomic E-state index is 12.5. The summed E-state index contributed by atoms with van der Waals surface area (Å²) in [6.45, 7) is 5.23. The molecule has 1 aromatic rings. The molecule has 4 heterocycles. The molecule has 24 heavy (non-hydrogen) atoms. The van der Waals surface area contributed by atoms with Crippen LogP contribution in [0.1, 0.15) is 32.1 Å². The molecular weight excluding hydrogens is 304 g/mol. The van der Waals surface area contributed by atoms with E-state index < -0.39 is 0 Å². The van der Waals surface area contributed by atoms with E-state index >= 15 is 0 Å². The number of amides is 1. The van der Waals surface area contributed by atoms with E-state index in [0.717, 1.165) is 58.0 Å². The van der Waals surface area contributed by atoms with Crippen molar-refractivity contribution in [3.05, 3.63) is 18.5 Å². The average molecular weight is 330 g/mol. The number of aromatic nitrogens is 2. The van der Waals surface area contributed by atoms with Gasteiger partial charge in [-0.05, 0) is 43.6 Å². The van der Waals surface area contributed by atoms with E-state index in [-0.39, 0.29) is 5.92 Å². The van der Waals surface area contributed by atoms with Gasteiger partial charge in [-0.1, -0.05) is 0 Å². The van der Waals surface area contributed by atoms with E-state index in [1.807, 2.05) is 18.5 Å². The van der Waals surface area contributed by atoms with Gasteiger partial charge >= 0.3 is 0 Å². The Morgan fingerprint density at radius 3 is 2.38 bits per heavy atom. The van der Waals surface area contributed by atoms with Crippen LogP contribution in [0.25, 0.3) is 0 Å². The second-order valence-electron chi connectivity index (χ2n) is 7.42. The minimum Gasteiger partial charge on any atom is -0.381 e. The van der Waals surface area contributed by atoms with Crippen molar-refractivity contribution >= 4 is 11.9 Å². The SMILES string of the molecule is O=C([C@@H]1CCOC1)N1CCC2(CC1)CCN(c1ncccn1)CC2. The Morgan fingerprint density at radius 1 is 1.08 bits per heavy atom. The van der Waals surface area contributed by atoms with Gasteiger partial charge in [0.05, 0.1) is 12.5 Å². The van der Waals surface area contributed by atoms with Crippen molar-refractivity contribution in [2.24, 2.45) is 11.3 Å². The van der Waals surface area contributed by atoms with Gasteiger partial charge in [-0.2, -0.15) is 0 Å². The highest BCUT2D eigenvalue weighted by molar-refractivity contribution is 5.79. The zero-order valence-electron chi connectivity index (χ0n) is 14.2. The first kappa shape index (κ1) is 15.8. The zero-order valence-corrected chi connectivity index (χ0v) is 14.2. The largest absolute Gasteiger partial charge is 0.381 e. The lowest BCUT2D eigenvalue weighted by Crippen LogP contribution is -2.49. The van der Waals surface area contributed by atoms with E-state index in [9.17, 15) is 4.79 Å². The molecule has 0 radical (unpaired) electrons. The predicted octanol–water partition coefficient (Wildman–Crippen LogP) is 1.72. The van der Waals surface area contributed by atoms with Crippen molar-refractivity contribution < 1.29 is 9.53 Å². The molecule has 0 bridgehead atoms. The molecular formula is C18H26N4O2. The Morgan fingerprint density at radius 2 is 1.75 bits per heavy atom. The minimum absolute atomic E-state index is 0.108. The number of carbonyl (C=O) groups is 1. The third-order valence-electron chi connectivity index (χ3n) is 6.07. The highest BCUT2D eigenvalue weighted by Gasteiger charge is 2.40. The van der Waals surface area contributed by atoms with Gasteiger partial charge in [0.15, 0.2) is 0 Å². The van der Waals surface area contributed by atoms with Crippen LogP contribution in [0.15, 0.2) is 18.5 Å². The molecule has 0 N–H and O–H groups in total. The molecule has 3 fully saturated rings. The molecule has 6 nitrogen and oxygen atoms in total. The van der Waals surface area contributed by atoms with Gasteiger partial charge in [0.2, 0.25) is 11.9 Å². The summed E-state index contributed by atoms with van der Waals surface area (Å²) in [5.41, 5.74) is 0.411. The smallest absolute Gasteiger partial charge is 0.228 e. The Bertz CT molecular complexity index is 556. The normalized spacial score (nSPS) is 26.8. The molecule has 0 saturated carbocycles. The summed E-state index contributed by atoms with van der Waals surface area (Å²) in [6, 6.07) is 1.86. The molecule has 3 aliphatic heterocycles. The number of likely N-dealkylation sites (tertiary alicyclic amines) is 1. The lowest BCUT2D eigenvalue weighted by Gasteiger charge is -2.47. The number of carbonyl (C=O) groups excluding carboxylic acids is 1. The first-order valence-corrected chi connectivity index (χ1v) is 9.14. The predicted molar refractivity (Wildman–Crippen MR) is 90.7 cm³/mol. The summed E-state index contributed by atoms with van der Waals surface area (Å²) in [7, 11) is 0. The molecule has 0 aliphatic carbocycles. The number of piperidine rings is 2. The quantitative estimate of drug-likeness (QED) is 0.826. The second-order valence-corrected chi connectivity index (χ2v) is 7.42. The molecule has 0 unspecified atom stereocenters. The highest BCUT2D eigenvalue weighted by atomic mass is 16.5. The van der Waals surface area contributed by atoms with Gasteiger partial charge in [0.25, 0.3) is 0 Å². The maximum Gasteiger partial charge on any atom is 0.228 e. The van der Waals surface area contributed by atoms with Crippen LogP contribution in [0, 0.1) is 11.3 Å². The number of hydrogen-bond acceptors (Lipinski definition) is 5. The molecule has 4 rings (SSSR count). The number of ether oxygens (including phenoxy) is 1. The number of hydrogen-bond donors (Lipinski definition) is 0. The average Bonchev–Trinajstić information content (AvgIpc) is 3.18. The molecule has 1 aromatic heterocycles. The molecule has 1 spiro atoms. The molecule has 0 aromatic carbocycles. The zero-order chi connectivity index (χ0) is 16.4. The Balaban J connectivity index is 1.30. The van der Waals surface area contributed by atoms with Crippen LogP contribution in [0.2, 0.25) is 0 Å². The Kier molecular flexibility index (Phi) is 4.39. The third-order valence-corrected chi connectivity index (χ3v) is 6.07. The summed E-state index contributed by atoms with van der Waals surface area (Å²) in [5.74, 6) is 1.27. The van der Waals surface area contributed by atoms with Crippen LogP contribution in [-0.4, -0.2) is 60.2 Å². The monoisotopic (exact) mass is 330 g/mol. The van der Waals surface area contributed by atoms with Crippen LogP contribution >= 0.6 is 0 Å².